The first-order valence-corrected chi connectivity index (χ1v) is 8.77. The van der Waals surface area contributed by atoms with E-state index in [1.807, 2.05) is 48.5 Å². The normalized spacial score (nSPS) is 14.5. The standard InChI is InChI=1S/C20H20N4O2/c25-19(16-5-3-15(4-6-16)13-24-11-1-2-12-24)22-18-9-7-17(8-10-18)20-23-21-14-26-20/h3-10,14H,1-2,11-13H2,(H,22,25). The molecule has 2 aromatic carbocycles. The molecule has 4 rings (SSSR count). The van der Waals surface area contributed by atoms with Crippen molar-refractivity contribution in [3.63, 3.8) is 0 Å². The molecule has 0 spiro atoms. The number of amides is 1. The van der Waals surface area contributed by atoms with Crippen LogP contribution in [0.5, 0.6) is 0 Å². The number of benzene rings is 2. The average molecular weight is 348 g/mol. The third-order valence-electron chi connectivity index (χ3n) is 4.57. The maximum atomic E-state index is 12.4. The highest BCUT2D eigenvalue weighted by Gasteiger charge is 2.12. The van der Waals surface area contributed by atoms with Gasteiger partial charge in [-0.15, -0.1) is 10.2 Å². The van der Waals surface area contributed by atoms with Crippen LogP contribution in [0.1, 0.15) is 28.8 Å². The monoisotopic (exact) mass is 348 g/mol. The van der Waals surface area contributed by atoms with Gasteiger partial charge in [0.1, 0.15) is 0 Å². The van der Waals surface area contributed by atoms with Gasteiger partial charge < -0.3 is 9.73 Å². The van der Waals surface area contributed by atoms with Crippen LogP contribution in [0.2, 0.25) is 0 Å². The van der Waals surface area contributed by atoms with E-state index in [1.54, 1.807) is 0 Å². The van der Waals surface area contributed by atoms with Crippen LogP contribution in [0.25, 0.3) is 11.5 Å². The summed E-state index contributed by atoms with van der Waals surface area (Å²) >= 11 is 0. The molecule has 0 atom stereocenters. The molecular formula is C20H20N4O2. The van der Waals surface area contributed by atoms with Gasteiger partial charge in [-0.2, -0.15) is 0 Å². The van der Waals surface area contributed by atoms with Crippen LogP contribution in [0.15, 0.2) is 59.3 Å². The number of aromatic nitrogens is 2. The van der Waals surface area contributed by atoms with E-state index in [9.17, 15) is 4.79 Å². The Kier molecular flexibility index (Phi) is 4.75. The van der Waals surface area contributed by atoms with Crippen LogP contribution >= 0.6 is 0 Å². The number of carbonyl (C=O) groups excluding carboxylic acids is 1. The molecule has 1 amide bonds. The highest BCUT2D eigenvalue weighted by Crippen LogP contribution is 2.19. The van der Waals surface area contributed by atoms with Crippen molar-refractivity contribution in [2.45, 2.75) is 19.4 Å². The van der Waals surface area contributed by atoms with Gasteiger partial charge in [0.15, 0.2) is 0 Å². The van der Waals surface area contributed by atoms with E-state index in [0.29, 0.717) is 11.5 Å². The predicted octanol–water partition coefficient (Wildman–Crippen LogP) is 3.58. The number of anilines is 1. The Hall–Kier alpha value is -2.99. The lowest BCUT2D eigenvalue weighted by Crippen LogP contribution is -2.18. The van der Waals surface area contributed by atoms with E-state index in [1.165, 1.54) is 37.9 Å². The van der Waals surface area contributed by atoms with Crippen molar-refractivity contribution in [2.24, 2.45) is 0 Å². The Labute approximate surface area is 151 Å². The first kappa shape index (κ1) is 16.5. The average Bonchev–Trinajstić information content (AvgIpc) is 3.37. The summed E-state index contributed by atoms with van der Waals surface area (Å²) in [6.45, 7) is 3.29. The van der Waals surface area contributed by atoms with Gasteiger partial charge in [-0.3, -0.25) is 9.69 Å². The molecular weight excluding hydrogens is 328 g/mol. The maximum absolute atomic E-state index is 12.4. The summed E-state index contributed by atoms with van der Waals surface area (Å²) in [7, 11) is 0. The van der Waals surface area contributed by atoms with Crippen LogP contribution in [-0.4, -0.2) is 34.1 Å². The van der Waals surface area contributed by atoms with E-state index < -0.39 is 0 Å². The summed E-state index contributed by atoms with van der Waals surface area (Å²) in [6.07, 6.45) is 3.86. The number of hydrogen-bond donors (Lipinski definition) is 1. The molecule has 1 fully saturated rings. The van der Waals surface area contributed by atoms with Crippen molar-refractivity contribution in [1.82, 2.24) is 15.1 Å². The Morgan fingerprint density at radius 1 is 1.04 bits per heavy atom. The summed E-state index contributed by atoms with van der Waals surface area (Å²) < 4.78 is 5.16. The second-order valence-electron chi connectivity index (χ2n) is 6.46. The molecule has 0 saturated carbocycles. The molecule has 132 valence electrons. The van der Waals surface area contributed by atoms with Crippen molar-refractivity contribution < 1.29 is 9.21 Å². The van der Waals surface area contributed by atoms with Crippen molar-refractivity contribution in [1.29, 1.82) is 0 Å². The number of likely N-dealkylation sites (tertiary alicyclic amines) is 1. The molecule has 26 heavy (non-hydrogen) atoms. The van der Waals surface area contributed by atoms with E-state index in [-0.39, 0.29) is 5.91 Å². The Bertz CT molecular complexity index is 852. The number of carbonyl (C=O) groups is 1. The number of rotatable bonds is 5. The van der Waals surface area contributed by atoms with E-state index in [4.69, 9.17) is 4.42 Å². The number of hydrogen-bond acceptors (Lipinski definition) is 5. The molecule has 1 saturated heterocycles. The fourth-order valence-electron chi connectivity index (χ4n) is 3.16. The molecule has 6 heteroatoms. The van der Waals surface area contributed by atoms with Gasteiger partial charge in [-0.1, -0.05) is 12.1 Å². The fourth-order valence-corrected chi connectivity index (χ4v) is 3.16. The first-order chi connectivity index (χ1) is 12.8. The molecule has 0 radical (unpaired) electrons. The van der Waals surface area contributed by atoms with Crippen LogP contribution < -0.4 is 5.32 Å². The summed E-state index contributed by atoms with van der Waals surface area (Å²) in [5.41, 5.74) is 3.43. The van der Waals surface area contributed by atoms with Gasteiger partial charge in [-0.05, 0) is 67.9 Å². The minimum atomic E-state index is -0.122. The lowest BCUT2D eigenvalue weighted by atomic mass is 10.1. The predicted molar refractivity (Wildman–Crippen MR) is 98.6 cm³/mol. The molecule has 6 nitrogen and oxygen atoms in total. The molecule has 0 bridgehead atoms. The van der Waals surface area contributed by atoms with Crippen LogP contribution in [0.4, 0.5) is 5.69 Å². The molecule has 1 aliphatic heterocycles. The van der Waals surface area contributed by atoms with Gasteiger partial charge in [0.05, 0.1) is 0 Å². The Morgan fingerprint density at radius 2 is 1.77 bits per heavy atom. The topological polar surface area (TPSA) is 71.3 Å². The fraction of sp³-hybridized carbons (Fsp3) is 0.250. The van der Waals surface area contributed by atoms with Crippen molar-refractivity contribution in [3.05, 3.63) is 66.1 Å². The largest absolute Gasteiger partial charge is 0.423 e. The lowest BCUT2D eigenvalue weighted by Gasteiger charge is -2.14. The molecule has 1 N–H and O–H groups in total. The van der Waals surface area contributed by atoms with Crippen molar-refractivity contribution >= 4 is 11.6 Å². The van der Waals surface area contributed by atoms with Gasteiger partial charge in [0.25, 0.3) is 5.91 Å². The smallest absolute Gasteiger partial charge is 0.255 e. The zero-order chi connectivity index (χ0) is 17.8. The number of nitrogens with zero attached hydrogens (tertiary/aromatic N) is 3. The highest BCUT2D eigenvalue weighted by molar-refractivity contribution is 6.04. The molecule has 3 aromatic rings. The Morgan fingerprint density at radius 3 is 2.42 bits per heavy atom. The van der Waals surface area contributed by atoms with Crippen molar-refractivity contribution in [3.8, 4) is 11.5 Å². The Balaban J connectivity index is 1.38. The zero-order valence-electron chi connectivity index (χ0n) is 14.4. The number of nitrogens with one attached hydrogen (secondary N) is 1. The minimum absolute atomic E-state index is 0.122. The SMILES string of the molecule is O=C(Nc1ccc(-c2nnco2)cc1)c1ccc(CN2CCCC2)cc1. The highest BCUT2D eigenvalue weighted by atomic mass is 16.4. The second kappa shape index (κ2) is 7.49. The zero-order valence-corrected chi connectivity index (χ0v) is 14.4. The molecule has 0 aliphatic carbocycles. The van der Waals surface area contributed by atoms with E-state index in [2.05, 4.69) is 20.4 Å². The van der Waals surface area contributed by atoms with Crippen LogP contribution in [-0.2, 0) is 6.54 Å². The minimum Gasteiger partial charge on any atom is -0.423 e. The van der Waals surface area contributed by atoms with Gasteiger partial charge >= 0.3 is 0 Å². The molecule has 1 aliphatic rings. The van der Waals surface area contributed by atoms with Crippen molar-refractivity contribution in [2.75, 3.05) is 18.4 Å². The molecule has 1 aromatic heterocycles. The van der Waals surface area contributed by atoms with Gasteiger partial charge in [-0.25, -0.2) is 0 Å². The van der Waals surface area contributed by atoms with Gasteiger partial charge in [0, 0.05) is 23.4 Å². The first-order valence-electron chi connectivity index (χ1n) is 8.77. The molecule has 0 unspecified atom stereocenters. The summed E-state index contributed by atoms with van der Waals surface area (Å²) in [4.78, 5) is 14.9. The quantitative estimate of drug-likeness (QED) is 0.763. The van der Waals surface area contributed by atoms with Gasteiger partial charge in [0.2, 0.25) is 12.3 Å². The summed E-state index contributed by atoms with van der Waals surface area (Å²) in [5.74, 6) is 0.333. The molecule has 2 heterocycles. The summed E-state index contributed by atoms with van der Waals surface area (Å²) in [6, 6.07) is 15.1. The van der Waals surface area contributed by atoms with E-state index in [0.717, 1.165) is 17.8 Å². The van der Waals surface area contributed by atoms with Crippen LogP contribution in [0, 0.1) is 0 Å². The maximum Gasteiger partial charge on any atom is 0.255 e. The third kappa shape index (κ3) is 3.81. The summed E-state index contributed by atoms with van der Waals surface area (Å²) in [5, 5.41) is 10.4. The third-order valence-corrected chi connectivity index (χ3v) is 4.57. The lowest BCUT2D eigenvalue weighted by molar-refractivity contribution is 0.102. The second-order valence-corrected chi connectivity index (χ2v) is 6.46. The van der Waals surface area contributed by atoms with Crippen LogP contribution in [0.3, 0.4) is 0 Å². The van der Waals surface area contributed by atoms with E-state index >= 15 is 0 Å².